The summed E-state index contributed by atoms with van der Waals surface area (Å²) in [6.07, 6.45) is 0. The molecule has 0 amide bonds. The molecule has 0 saturated heterocycles. The van der Waals surface area contributed by atoms with Gasteiger partial charge >= 0.3 is 5.97 Å². The van der Waals surface area contributed by atoms with Gasteiger partial charge in [0.15, 0.2) is 0 Å². The van der Waals surface area contributed by atoms with Crippen LogP contribution in [0.3, 0.4) is 0 Å². The molecule has 0 rings (SSSR count). The number of rotatable bonds is 8. The van der Waals surface area contributed by atoms with Crippen LogP contribution in [0, 0.1) is 5.92 Å². The highest BCUT2D eigenvalue weighted by Crippen LogP contribution is 2.00. The lowest BCUT2D eigenvalue weighted by molar-refractivity contribution is -0.142. The molecule has 0 aliphatic carbocycles. The third-order valence-corrected chi connectivity index (χ3v) is 2.26. The SMILES string of the molecule is CC(=O)CN(CCN(C)C)CC(C)C(=O)O. The molecule has 0 aromatic heterocycles. The first-order valence-electron chi connectivity index (χ1n) is 5.42. The summed E-state index contributed by atoms with van der Waals surface area (Å²) in [5.41, 5.74) is 0. The molecule has 1 unspecified atom stereocenters. The van der Waals surface area contributed by atoms with Crippen LogP contribution in [-0.4, -0.2) is 66.9 Å². The number of Topliss-reactive ketones (excluding diaryl/α,β-unsaturated/α-hetero) is 1. The number of likely N-dealkylation sites (N-methyl/N-ethyl adjacent to an activating group) is 1. The first kappa shape index (κ1) is 15.1. The number of nitrogens with zero attached hydrogens (tertiary/aromatic N) is 2. The van der Waals surface area contributed by atoms with Crippen molar-refractivity contribution >= 4 is 11.8 Å². The summed E-state index contributed by atoms with van der Waals surface area (Å²) < 4.78 is 0. The Labute approximate surface area is 97.0 Å². The summed E-state index contributed by atoms with van der Waals surface area (Å²) >= 11 is 0. The molecular formula is C11H22N2O3. The van der Waals surface area contributed by atoms with Gasteiger partial charge in [-0.1, -0.05) is 6.92 Å². The number of carboxylic acid groups (broad SMARTS) is 1. The Balaban J connectivity index is 4.19. The van der Waals surface area contributed by atoms with Gasteiger partial charge in [0.25, 0.3) is 0 Å². The third kappa shape index (κ3) is 7.36. The number of hydrogen-bond donors (Lipinski definition) is 1. The molecule has 0 fully saturated rings. The standard InChI is InChI=1S/C11H22N2O3/c1-9(11(15)16)7-13(8-10(2)14)6-5-12(3)4/h9H,5-8H2,1-4H3,(H,15,16). The van der Waals surface area contributed by atoms with Gasteiger partial charge in [-0.15, -0.1) is 0 Å². The molecule has 0 aliphatic rings. The summed E-state index contributed by atoms with van der Waals surface area (Å²) in [6.45, 7) is 5.46. The van der Waals surface area contributed by atoms with Crippen molar-refractivity contribution in [3.05, 3.63) is 0 Å². The van der Waals surface area contributed by atoms with E-state index >= 15 is 0 Å². The van der Waals surface area contributed by atoms with Gasteiger partial charge in [0.2, 0.25) is 0 Å². The normalized spacial score (nSPS) is 13.1. The van der Waals surface area contributed by atoms with E-state index in [9.17, 15) is 9.59 Å². The van der Waals surface area contributed by atoms with Crippen molar-refractivity contribution in [3.8, 4) is 0 Å². The largest absolute Gasteiger partial charge is 0.481 e. The van der Waals surface area contributed by atoms with Gasteiger partial charge < -0.3 is 10.0 Å². The Hall–Kier alpha value is -0.940. The van der Waals surface area contributed by atoms with E-state index in [1.807, 2.05) is 23.9 Å². The monoisotopic (exact) mass is 230 g/mol. The molecule has 0 bridgehead atoms. The molecule has 94 valence electrons. The van der Waals surface area contributed by atoms with Gasteiger partial charge in [0, 0.05) is 19.6 Å². The van der Waals surface area contributed by atoms with Crippen LogP contribution in [0.1, 0.15) is 13.8 Å². The number of carboxylic acids is 1. The highest BCUT2D eigenvalue weighted by atomic mass is 16.4. The minimum absolute atomic E-state index is 0.0661. The van der Waals surface area contributed by atoms with Crippen LogP contribution in [0.15, 0.2) is 0 Å². The fourth-order valence-electron chi connectivity index (χ4n) is 1.36. The van der Waals surface area contributed by atoms with Crippen molar-refractivity contribution < 1.29 is 14.7 Å². The number of ketones is 1. The molecule has 5 heteroatoms. The molecule has 1 N–H and O–H groups in total. The van der Waals surface area contributed by atoms with Gasteiger partial charge in [0.1, 0.15) is 5.78 Å². The van der Waals surface area contributed by atoms with Gasteiger partial charge in [-0.2, -0.15) is 0 Å². The van der Waals surface area contributed by atoms with Crippen LogP contribution in [0.4, 0.5) is 0 Å². The number of carbonyl (C=O) groups is 2. The lowest BCUT2D eigenvalue weighted by atomic mass is 10.1. The van der Waals surface area contributed by atoms with E-state index in [1.165, 1.54) is 6.92 Å². The molecule has 0 aliphatic heterocycles. The maximum atomic E-state index is 11.0. The van der Waals surface area contributed by atoms with E-state index in [0.29, 0.717) is 19.6 Å². The van der Waals surface area contributed by atoms with E-state index in [2.05, 4.69) is 0 Å². The van der Waals surface area contributed by atoms with E-state index in [0.717, 1.165) is 6.54 Å². The summed E-state index contributed by atoms with van der Waals surface area (Å²) in [5.74, 6) is -1.20. The van der Waals surface area contributed by atoms with Crippen molar-refractivity contribution in [3.63, 3.8) is 0 Å². The molecule has 0 radical (unpaired) electrons. The molecule has 16 heavy (non-hydrogen) atoms. The molecule has 5 nitrogen and oxygen atoms in total. The van der Waals surface area contributed by atoms with E-state index in [4.69, 9.17) is 5.11 Å². The number of carbonyl (C=O) groups excluding carboxylic acids is 1. The van der Waals surface area contributed by atoms with Crippen LogP contribution in [0.25, 0.3) is 0 Å². The van der Waals surface area contributed by atoms with Crippen LogP contribution in [0.2, 0.25) is 0 Å². The van der Waals surface area contributed by atoms with Gasteiger partial charge in [-0.25, -0.2) is 0 Å². The van der Waals surface area contributed by atoms with E-state index in [-0.39, 0.29) is 5.78 Å². The molecule has 0 spiro atoms. The topological polar surface area (TPSA) is 60.9 Å². The van der Waals surface area contributed by atoms with E-state index in [1.54, 1.807) is 6.92 Å². The first-order chi connectivity index (χ1) is 7.32. The molecule has 0 aromatic carbocycles. The Morgan fingerprint density at radius 1 is 1.25 bits per heavy atom. The minimum atomic E-state index is -0.821. The van der Waals surface area contributed by atoms with Crippen LogP contribution < -0.4 is 0 Å². The molecule has 0 heterocycles. The van der Waals surface area contributed by atoms with Crippen molar-refractivity contribution in [2.75, 3.05) is 40.3 Å². The predicted octanol–water partition coefficient (Wildman–Crippen LogP) is 0.160. The maximum Gasteiger partial charge on any atom is 0.307 e. The average Bonchev–Trinajstić information content (AvgIpc) is 2.12. The first-order valence-corrected chi connectivity index (χ1v) is 5.42. The average molecular weight is 230 g/mol. The Kier molecular flexibility index (Phi) is 6.92. The van der Waals surface area contributed by atoms with Crippen LogP contribution in [-0.2, 0) is 9.59 Å². The van der Waals surface area contributed by atoms with Crippen LogP contribution >= 0.6 is 0 Å². The molecule has 0 aromatic rings. The summed E-state index contributed by atoms with van der Waals surface area (Å²) in [6, 6.07) is 0. The Bertz CT molecular complexity index is 241. The second-order valence-electron chi connectivity index (χ2n) is 4.48. The van der Waals surface area contributed by atoms with Gasteiger partial charge in [-0.05, 0) is 21.0 Å². The Morgan fingerprint density at radius 3 is 2.19 bits per heavy atom. The van der Waals surface area contributed by atoms with Crippen molar-refractivity contribution in [2.24, 2.45) is 5.92 Å². The summed E-state index contributed by atoms with van der Waals surface area (Å²) in [4.78, 5) is 25.7. The lowest BCUT2D eigenvalue weighted by Crippen LogP contribution is -2.39. The minimum Gasteiger partial charge on any atom is -0.481 e. The van der Waals surface area contributed by atoms with Gasteiger partial charge in [0.05, 0.1) is 12.5 Å². The number of aliphatic carboxylic acids is 1. The zero-order valence-electron chi connectivity index (χ0n) is 10.6. The second-order valence-corrected chi connectivity index (χ2v) is 4.48. The van der Waals surface area contributed by atoms with Crippen molar-refractivity contribution in [1.29, 1.82) is 0 Å². The zero-order valence-corrected chi connectivity index (χ0v) is 10.6. The summed E-state index contributed by atoms with van der Waals surface area (Å²) in [7, 11) is 3.90. The van der Waals surface area contributed by atoms with Crippen LogP contribution in [0.5, 0.6) is 0 Å². The third-order valence-electron chi connectivity index (χ3n) is 2.26. The second kappa shape index (κ2) is 7.35. The quantitative estimate of drug-likeness (QED) is 0.643. The smallest absolute Gasteiger partial charge is 0.307 e. The van der Waals surface area contributed by atoms with Crippen molar-refractivity contribution in [1.82, 2.24) is 9.80 Å². The predicted molar refractivity (Wildman–Crippen MR) is 62.5 cm³/mol. The van der Waals surface area contributed by atoms with Crippen molar-refractivity contribution in [2.45, 2.75) is 13.8 Å². The fourth-order valence-corrected chi connectivity index (χ4v) is 1.36. The number of hydrogen-bond acceptors (Lipinski definition) is 4. The van der Waals surface area contributed by atoms with Gasteiger partial charge in [-0.3, -0.25) is 14.5 Å². The zero-order chi connectivity index (χ0) is 12.7. The molecule has 1 atom stereocenters. The highest BCUT2D eigenvalue weighted by Gasteiger charge is 2.17. The fraction of sp³-hybridized carbons (Fsp3) is 0.818. The lowest BCUT2D eigenvalue weighted by Gasteiger charge is -2.24. The Morgan fingerprint density at radius 2 is 1.81 bits per heavy atom. The van der Waals surface area contributed by atoms with E-state index < -0.39 is 11.9 Å². The molecule has 0 saturated carbocycles. The summed E-state index contributed by atoms with van der Waals surface area (Å²) in [5, 5.41) is 8.82. The highest BCUT2D eigenvalue weighted by molar-refractivity contribution is 5.77. The maximum absolute atomic E-state index is 11.0. The molecular weight excluding hydrogens is 208 g/mol.